The summed E-state index contributed by atoms with van der Waals surface area (Å²) >= 11 is 1.43. The van der Waals surface area contributed by atoms with E-state index in [9.17, 15) is 14.4 Å². The lowest BCUT2D eigenvalue weighted by atomic mass is 10.3. The van der Waals surface area contributed by atoms with Crippen LogP contribution in [0.25, 0.3) is 0 Å². The molecule has 0 saturated carbocycles. The van der Waals surface area contributed by atoms with E-state index < -0.39 is 6.03 Å². The lowest BCUT2D eigenvalue weighted by molar-refractivity contribution is -0.125. The summed E-state index contributed by atoms with van der Waals surface area (Å²) in [6.07, 6.45) is 0.622. The Morgan fingerprint density at radius 2 is 2.00 bits per heavy atom. The molecule has 1 heterocycles. The van der Waals surface area contributed by atoms with Crippen LogP contribution in [0.4, 0.5) is 4.79 Å². The Bertz CT molecular complexity index is 550. The van der Waals surface area contributed by atoms with Gasteiger partial charge in [-0.05, 0) is 18.6 Å². The molecule has 0 radical (unpaired) electrons. The van der Waals surface area contributed by atoms with E-state index in [-0.39, 0.29) is 23.6 Å². The third-order valence-corrected chi connectivity index (χ3v) is 4.49. The number of likely N-dealkylation sites (N-methyl/N-ethyl adjacent to an activating group) is 1. The highest BCUT2D eigenvalue weighted by Gasteiger charge is 2.35. The molecule has 112 valence electrons. The van der Waals surface area contributed by atoms with Gasteiger partial charge >= 0.3 is 6.03 Å². The third-order valence-electron chi connectivity index (χ3n) is 3.12. The van der Waals surface area contributed by atoms with E-state index in [0.29, 0.717) is 6.42 Å². The van der Waals surface area contributed by atoms with Crippen molar-refractivity contribution < 1.29 is 14.4 Å². The quantitative estimate of drug-likeness (QED) is 0.661. The maximum atomic E-state index is 12.2. The number of imide groups is 1. The molecular weight excluding hydrogens is 290 g/mol. The molecule has 1 aliphatic heterocycles. The van der Waals surface area contributed by atoms with Crippen LogP contribution in [0.5, 0.6) is 0 Å². The fourth-order valence-corrected chi connectivity index (χ4v) is 2.84. The first-order chi connectivity index (χ1) is 10.0. The second-order valence-corrected chi connectivity index (χ2v) is 5.90. The van der Waals surface area contributed by atoms with Crippen molar-refractivity contribution in [2.24, 2.45) is 0 Å². The Kier molecular flexibility index (Phi) is 4.85. The maximum Gasteiger partial charge on any atom is 0.345 e. The number of urea groups is 1. The largest absolute Gasteiger partial charge is 0.345 e. The van der Waals surface area contributed by atoms with Crippen LogP contribution < -0.4 is 5.43 Å². The summed E-state index contributed by atoms with van der Waals surface area (Å²) in [7, 11) is 1.40. The number of carbonyl (C=O) groups is 3. The predicted octanol–water partition coefficient (Wildman–Crippen LogP) is 1.48. The number of nitrogens with zero attached hydrogens (tertiary/aromatic N) is 2. The number of thioether (sulfide) groups is 1. The van der Waals surface area contributed by atoms with Gasteiger partial charge in [0.25, 0.3) is 11.8 Å². The van der Waals surface area contributed by atoms with E-state index in [0.717, 1.165) is 14.8 Å². The number of rotatable bonds is 5. The topological polar surface area (TPSA) is 69.7 Å². The van der Waals surface area contributed by atoms with E-state index in [4.69, 9.17) is 0 Å². The molecule has 7 heteroatoms. The minimum absolute atomic E-state index is 0.118. The summed E-state index contributed by atoms with van der Waals surface area (Å²) in [5, 5.41) is 0.736. The summed E-state index contributed by atoms with van der Waals surface area (Å²) < 4.78 is 0. The first-order valence-electron chi connectivity index (χ1n) is 6.63. The maximum absolute atomic E-state index is 12.2. The Hall–Kier alpha value is -2.02. The molecule has 1 aromatic rings. The summed E-state index contributed by atoms with van der Waals surface area (Å²) in [4.78, 5) is 37.4. The highest BCUT2D eigenvalue weighted by Crippen LogP contribution is 2.25. The van der Waals surface area contributed by atoms with Crippen LogP contribution in [-0.4, -0.2) is 46.6 Å². The highest BCUT2D eigenvalue weighted by atomic mass is 32.2. The van der Waals surface area contributed by atoms with Crippen LogP contribution in [-0.2, 0) is 9.59 Å². The normalized spacial score (nSPS) is 16.3. The van der Waals surface area contributed by atoms with E-state index >= 15 is 0 Å². The predicted molar refractivity (Wildman–Crippen MR) is 79.4 cm³/mol. The zero-order valence-corrected chi connectivity index (χ0v) is 12.7. The second kappa shape index (κ2) is 6.62. The van der Waals surface area contributed by atoms with Crippen LogP contribution in [0.2, 0.25) is 0 Å². The lowest BCUT2D eigenvalue weighted by Gasteiger charge is -2.20. The second-order valence-electron chi connectivity index (χ2n) is 4.63. The van der Waals surface area contributed by atoms with Crippen molar-refractivity contribution in [1.82, 2.24) is 15.3 Å². The van der Waals surface area contributed by atoms with Gasteiger partial charge < -0.3 is 0 Å². The Labute approximate surface area is 127 Å². The molecule has 1 unspecified atom stereocenters. The zero-order chi connectivity index (χ0) is 15.4. The van der Waals surface area contributed by atoms with Crippen molar-refractivity contribution >= 4 is 29.6 Å². The average molecular weight is 307 g/mol. The zero-order valence-electron chi connectivity index (χ0n) is 11.9. The summed E-state index contributed by atoms with van der Waals surface area (Å²) in [5.74, 6) is -0.605. The fraction of sp³-hybridized carbons (Fsp3) is 0.357. The molecule has 0 aromatic heterocycles. The van der Waals surface area contributed by atoms with Gasteiger partial charge in [-0.3, -0.25) is 19.9 Å². The van der Waals surface area contributed by atoms with Crippen LogP contribution in [0.1, 0.15) is 13.3 Å². The molecule has 1 aliphatic rings. The van der Waals surface area contributed by atoms with Gasteiger partial charge in [0.1, 0.15) is 6.54 Å². The summed E-state index contributed by atoms with van der Waals surface area (Å²) in [5.41, 5.74) is 2.52. The molecule has 1 fully saturated rings. The van der Waals surface area contributed by atoms with E-state index in [1.54, 1.807) is 0 Å². The smallest absolute Gasteiger partial charge is 0.272 e. The van der Waals surface area contributed by atoms with E-state index in [1.165, 1.54) is 18.8 Å². The average Bonchev–Trinajstić information content (AvgIpc) is 2.73. The molecule has 21 heavy (non-hydrogen) atoms. The molecule has 4 amide bonds. The fourth-order valence-electron chi connectivity index (χ4n) is 1.87. The first-order valence-corrected chi connectivity index (χ1v) is 7.51. The molecular formula is C14H17N3O3S. The van der Waals surface area contributed by atoms with E-state index in [2.05, 4.69) is 5.43 Å². The molecule has 1 aromatic carbocycles. The van der Waals surface area contributed by atoms with Gasteiger partial charge in [0.2, 0.25) is 0 Å². The van der Waals surface area contributed by atoms with Crippen LogP contribution in [0.3, 0.4) is 0 Å². The number of benzene rings is 1. The number of carbonyl (C=O) groups excluding carboxylic acids is 3. The van der Waals surface area contributed by atoms with Crippen molar-refractivity contribution in [2.45, 2.75) is 23.5 Å². The van der Waals surface area contributed by atoms with Crippen LogP contribution >= 0.6 is 11.8 Å². The van der Waals surface area contributed by atoms with Gasteiger partial charge in [-0.2, -0.15) is 0 Å². The number of amides is 4. The molecule has 1 N–H and O–H groups in total. The minimum atomic E-state index is -0.507. The van der Waals surface area contributed by atoms with Crippen LogP contribution in [0.15, 0.2) is 35.2 Å². The van der Waals surface area contributed by atoms with Crippen molar-refractivity contribution in [3.63, 3.8) is 0 Å². The van der Waals surface area contributed by atoms with Crippen molar-refractivity contribution in [2.75, 3.05) is 13.6 Å². The molecule has 2 rings (SSSR count). The Balaban J connectivity index is 1.98. The monoisotopic (exact) mass is 307 g/mol. The standard InChI is InChI=1S/C14H17N3O3S/c1-3-11(21-10-7-5-4-6-8-10)13(19)15-17-9-12(18)16(2)14(17)20/h4-8,11H,3,9H2,1-2H3,(H,15,19). The van der Waals surface area contributed by atoms with Crippen molar-refractivity contribution in [1.29, 1.82) is 0 Å². The number of hydrogen-bond donors (Lipinski definition) is 1. The Morgan fingerprint density at radius 1 is 1.33 bits per heavy atom. The molecule has 0 aliphatic carbocycles. The Morgan fingerprint density at radius 3 is 2.52 bits per heavy atom. The van der Waals surface area contributed by atoms with E-state index in [1.807, 2.05) is 37.3 Å². The molecule has 0 spiro atoms. The first kappa shape index (κ1) is 15.4. The highest BCUT2D eigenvalue weighted by molar-refractivity contribution is 8.00. The van der Waals surface area contributed by atoms with Gasteiger partial charge in [0.15, 0.2) is 0 Å². The van der Waals surface area contributed by atoms with Gasteiger partial charge in [-0.15, -0.1) is 11.8 Å². The number of hydrogen-bond acceptors (Lipinski definition) is 4. The SMILES string of the molecule is CCC(Sc1ccccc1)C(=O)NN1CC(=O)N(C)C1=O. The van der Waals surface area contributed by atoms with Gasteiger partial charge in [-0.25, -0.2) is 9.80 Å². The van der Waals surface area contributed by atoms with Gasteiger partial charge in [-0.1, -0.05) is 25.1 Å². The van der Waals surface area contributed by atoms with Gasteiger partial charge in [0, 0.05) is 11.9 Å². The molecule has 1 saturated heterocycles. The summed E-state index contributed by atoms with van der Waals surface area (Å²) in [6, 6.07) is 9.08. The molecule has 0 bridgehead atoms. The summed E-state index contributed by atoms with van der Waals surface area (Å²) in [6.45, 7) is 1.79. The number of nitrogens with one attached hydrogen (secondary N) is 1. The number of hydrazine groups is 1. The minimum Gasteiger partial charge on any atom is -0.272 e. The van der Waals surface area contributed by atoms with Crippen molar-refractivity contribution in [3.8, 4) is 0 Å². The third kappa shape index (κ3) is 3.55. The van der Waals surface area contributed by atoms with Crippen molar-refractivity contribution in [3.05, 3.63) is 30.3 Å². The van der Waals surface area contributed by atoms with Gasteiger partial charge in [0.05, 0.1) is 5.25 Å². The molecule has 1 atom stereocenters. The van der Waals surface area contributed by atoms with Crippen LogP contribution in [0, 0.1) is 0 Å². The lowest BCUT2D eigenvalue weighted by Crippen LogP contribution is -2.47. The molecule has 6 nitrogen and oxygen atoms in total.